The van der Waals surface area contributed by atoms with Crippen molar-refractivity contribution in [3.63, 3.8) is 0 Å². The van der Waals surface area contributed by atoms with Crippen molar-refractivity contribution in [2.75, 3.05) is 0 Å². The number of hydrogen-bond acceptors (Lipinski definition) is 0. The van der Waals surface area contributed by atoms with Crippen LogP contribution in [0.3, 0.4) is 0 Å². The lowest BCUT2D eigenvalue weighted by atomic mass is 9.69. The van der Waals surface area contributed by atoms with E-state index in [9.17, 15) is 0 Å². The maximum absolute atomic E-state index is 2.43. The Balaban J connectivity index is 1.94. The first-order chi connectivity index (χ1) is 9.54. The van der Waals surface area contributed by atoms with Gasteiger partial charge in [-0.2, -0.15) is 0 Å². The van der Waals surface area contributed by atoms with Crippen molar-refractivity contribution < 1.29 is 0 Å². The summed E-state index contributed by atoms with van der Waals surface area (Å²) in [4.78, 5) is 0. The molecule has 0 aromatic carbocycles. The summed E-state index contributed by atoms with van der Waals surface area (Å²) in [6, 6.07) is 0. The summed E-state index contributed by atoms with van der Waals surface area (Å²) in [5.74, 6) is 2.05. The van der Waals surface area contributed by atoms with Gasteiger partial charge in [0.2, 0.25) is 0 Å². The molecule has 120 valence electrons. The Kier molecular flexibility index (Phi) is 8.89. The molecule has 0 aromatic rings. The summed E-state index contributed by atoms with van der Waals surface area (Å²) in [5, 5.41) is 0. The highest BCUT2D eigenvalue weighted by atomic mass is 14.3. The standard InChI is InChI=1S/C20H40/c1-5-6-7-8-9-10-11-12-13-18-14-16-19(17-15-18)20(2,3)4/h18-19H,5-17H2,1-4H3. The van der Waals surface area contributed by atoms with Crippen molar-refractivity contribution in [3.8, 4) is 0 Å². The van der Waals surface area contributed by atoms with Crippen LogP contribution >= 0.6 is 0 Å². The van der Waals surface area contributed by atoms with E-state index >= 15 is 0 Å². The zero-order chi connectivity index (χ0) is 14.8. The lowest BCUT2D eigenvalue weighted by Gasteiger charge is -2.37. The number of rotatable bonds is 9. The maximum atomic E-state index is 2.43. The highest BCUT2D eigenvalue weighted by Crippen LogP contribution is 2.41. The van der Waals surface area contributed by atoms with Crippen molar-refractivity contribution in [2.24, 2.45) is 17.3 Å². The van der Waals surface area contributed by atoms with Crippen molar-refractivity contribution in [1.29, 1.82) is 0 Å². The van der Waals surface area contributed by atoms with Crippen molar-refractivity contribution in [2.45, 2.75) is 111 Å². The number of hydrogen-bond donors (Lipinski definition) is 0. The molecule has 0 bridgehead atoms. The molecule has 0 amide bonds. The Labute approximate surface area is 129 Å². The normalized spacial score (nSPS) is 24.0. The van der Waals surface area contributed by atoms with Crippen molar-refractivity contribution in [3.05, 3.63) is 0 Å². The minimum atomic E-state index is 0.545. The van der Waals surface area contributed by atoms with Gasteiger partial charge in [0.25, 0.3) is 0 Å². The van der Waals surface area contributed by atoms with Crippen LogP contribution in [-0.2, 0) is 0 Å². The molecule has 20 heavy (non-hydrogen) atoms. The molecule has 0 heteroatoms. The molecule has 0 spiro atoms. The lowest BCUT2D eigenvalue weighted by molar-refractivity contribution is 0.145. The van der Waals surface area contributed by atoms with Crippen molar-refractivity contribution >= 4 is 0 Å². The molecular weight excluding hydrogens is 240 g/mol. The molecule has 0 nitrogen and oxygen atoms in total. The summed E-state index contributed by atoms with van der Waals surface area (Å²) in [6.45, 7) is 9.58. The maximum Gasteiger partial charge on any atom is -0.0354 e. The fourth-order valence-corrected chi connectivity index (χ4v) is 3.88. The molecule has 1 rings (SSSR count). The van der Waals surface area contributed by atoms with Gasteiger partial charge in [-0.3, -0.25) is 0 Å². The van der Waals surface area contributed by atoms with E-state index in [2.05, 4.69) is 27.7 Å². The first-order valence-corrected chi connectivity index (χ1v) is 9.54. The molecule has 1 aliphatic carbocycles. The summed E-state index contributed by atoms with van der Waals surface area (Å²) in [7, 11) is 0. The van der Waals surface area contributed by atoms with Crippen LogP contribution < -0.4 is 0 Å². The van der Waals surface area contributed by atoms with Crippen LogP contribution in [0.5, 0.6) is 0 Å². The average Bonchev–Trinajstić information content (AvgIpc) is 2.41. The molecule has 0 aromatic heterocycles. The van der Waals surface area contributed by atoms with Gasteiger partial charge in [0.05, 0.1) is 0 Å². The van der Waals surface area contributed by atoms with Crippen molar-refractivity contribution in [1.82, 2.24) is 0 Å². The highest BCUT2D eigenvalue weighted by molar-refractivity contribution is 4.80. The van der Waals surface area contributed by atoms with Gasteiger partial charge in [-0.15, -0.1) is 0 Å². The van der Waals surface area contributed by atoms with Gasteiger partial charge in [-0.05, 0) is 30.1 Å². The molecule has 0 N–H and O–H groups in total. The van der Waals surface area contributed by atoms with Gasteiger partial charge in [0.15, 0.2) is 0 Å². The minimum Gasteiger partial charge on any atom is -0.0654 e. The molecule has 0 unspecified atom stereocenters. The average molecular weight is 281 g/mol. The van der Waals surface area contributed by atoms with Crippen LogP contribution in [0.15, 0.2) is 0 Å². The molecule has 1 saturated carbocycles. The first-order valence-electron chi connectivity index (χ1n) is 9.54. The summed E-state index contributed by atoms with van der Waals surface area (Å²) in [5.41, 5.74) is 0.545. The van der Waals surface area contributed by atoms with Gasteiger partial charge in [0, 0.05) is 0 Å². The predicted molar refractivity (Wildman–Crippen MR) is 92.1 cm³/mol. The zero-order valence-electron chi connectivity index (χ0n) is 14.8. The SMILES string of the molecule is CCCCCCCCCCC1CCC(C(C)(C)C)CC1. The molecule has 1 fully saturated rings. The summed E-state index contributed by atoms with van der Waals surface area (Å²) < 4.78 is 0. The van der Waals surface area contributed by atoms with Gasteiger partial charge in [0.1, 0.15) is 0 Å². The molecular formula is C20H40. The second-order valence-corrected chi connectivity index (χ2v) is 8.35. The van der Waals surface area contributed by atoms with Crippen LogP contribution in [0.25, 0.3) is 0 Å². The second kappa shape index (κ2) is 9.85. The lowest BCUT2D eigenvalue weighted by Crippen LogP contribution is -2.25. The zero-order valence-corrected chi connectivity index (χ0v) is 14.8. The van der Waals surface area contributed by atoms with Gasteiger partial charge >= 0.3 is 0 Å². The van der Waals surface area contributed by atoms with Crippen LogP contribution in [0, 0.1) is 17.3 Å². The van der Waals surface area contributed by atoms with E-state index in [0.717, 1.165) is 11.8 Å². The first kappa shape index (κ1) is 18.1. The monoisotopic (exact) mass is 280 g/mol. The van der Waals surface area contributed by atoms with E-state index in [-0.39, 0.29) is 0 Å². The third kappa shape index (κ3) is 7.70. The van der Waals surface area contributed by atoms with Crippen LogP contribution in [0.1, 0.15) is 111 Å². The van der Waals surface area contributed by atoms with E-state index in [1.165, 1.54) is 83.5 Å². The van der Waals surface area contributed by atoms with Crippen LogP contribution in [-0.4, -0.2) is 0 Å². The van der Waals surface area contributed by atoms with E-state index in [4.69, 9.17) is 0 Å². The van der Waals surface area contributed by atoms with E-state index in [1.807, 2.05) is 0 Å². The summed E-state index contributed by atoms with van der Waals surface area (Å²) >= 11 is 0. The summed E-state index contributed by atoms with van der Waals surface area (Å²) in [6.07, 6.45) is 19.2. The second-order valence-electron chi connectivity index (χ2n) is 8.35. The molecule has 0 saturated heterocycles. The third-order valence-corrected chi connectivity index (χ3v) is 5.54. The fraction of sp³-hybridized carbons (Fsp3) is 1.00. The Bertz CT molecular complexity index is 215. The smallest absolute Gasteiger partial charge is 0.0354 e. The van der Waals surface area contributed by atoms with Gasteiger partial charge < -0.3 is 0 Å². The Hall–Kier alpha value is 0. The van der Waals surface area contributed by atoms with E-state index in [0.29, 0.717) is 5.41 Å². The fourth-order valence-electron chi connectivity index (χ4n) is 3.88. The van der Waals surface area contributed by atoms with Crippen LogP contribution in [0.2, 0.25) is 0 Å². The molecule has 0 aliphatic heterocycles. The minimum absolute atomic E-state index is 0.545. The number of unbranched alkanes of at least 4 members (excludes halogenated alkanes) is 7. The molecule has 0 heterocycles. The Morgan fingerprint density at radius 2 is 1.20 bits per heavy atom. The molecule has 1 aliphatic rings. The highest BCUT2D eigenvalue weighted by Gasteiger charge is 2.29. The Morgan fingerprint density at radius 1 is 0.700 bits per heavy atom. The van der Waals surface area contributed by atoms with Gasteiger partial charge in [-0.1, -0.05) is 98.3 Å². The predicted octanol–water partition coefficient (Wildman–Crippen LogP) is 7.37. The molecule has 0 atom stereocenters. The van der Waals surface area contributed by atoms with E-state index < -0.39 is 0 Å². The topological polar surface area (TPSA) is 0 Å². The van der Waals surface area contributed by atoms with Crippen LogP contribution in [0.4, 0.5) is 0 Å². The van der Waals surface area contributed by atoms with E-state index in [1.54, 1.807) is 0 Å². The Morgan fingerprint density at radius 3 is 1.70 bits per heavy atom. The quantitative estimate of drug-likeness (QED) is 0.387. The largest absolute Gasteiger partial charge is 0.0654 e. The van der Waals surface area contributed by atoms with Gasteiger partial charge in [-0.25, -0.2) is 0 Å². The molecule has 0 radical (unpaired) electrons. The third-order valence-electron chi connectivity index (χ3n) is 5.54.